The number of nitrogens with zero attached hydrogens (tertiary/aromatic N) is 2. The van der Waals surface area contributed by atoms with E-state index in [9.17, 15) is 14.4 Å². The van der Waals surface area contributed by atoms with E-state index in [-0.39, 0.29) is 23.6 Å². The van der Waals surface area contributed by atoms with Crippen LogP contribution in [0.15, 0.2) is 48.5 Å². The smallest absolute Gasteiger partial charge is 0.239 e. The molecule has 3 aliphatic rings. The van der Waals surface area contributed by atoms with Gasteiger partial charge in [-0.25, -0.2) is 4.90 Å². The van der Waals surface area contributed by atoms with E-state index in [0.717, 1.165) is 19.4 Å². The Labute approximate surface area is 179 Å². The molecule has 2 aromatic carbocycles. The molecule has 4 unspecified atom stereocenters. The molecule has 0 radical (unpaired) electrons. The summed E-state index contributed by atoms with van der Waals surface area (Å²) < 4.78 is 5.18. The van der Waals surface area contributed by atoms with E-state index in [1.165, 1.54) is 4.90 Å². The number of imide groups is 1. The van der Waals surface area contributed by atoms with Crippen LogP contribution in [0.3, 0.4) is 0 Å². The summed E-state index contributed by atoms with van der Waals surface area (Å²) in [6.45, 7) is 0.728. The first kappa shape index (κ1) is 19.3. The zero-order valence-electron chi connectivity index (χ0n) is 16.5. The number of fused-ring (bicyclic) bond motifs is 3. The number of carbonyl (C=O) groups is 3. The Balaban J connectivity index is 1.52. The molecule has 0 aliphatic carbocycles. The number of hydrogen-bond acceptors (Lipinski definition) is 5. The van der Waals surface area contributed by atoms with E-state index < -0.39 is 17.9 Å². The quantitative estimate of drug-likeness (QED) is 0.557. The van der Waals surface area contributed by atoms with Crippen molar-refractivity contribution in [2.45, 2.75) is 24.9 Å². The molecule has 154 valence electrons. The lowest BCUT2D eigenvalue weighted by atomic mass is 9.85. The van der Waals surface area contributed by atoms with Crippen LogP contribution in [0.1, 0.15) is 23.2 Å². The summed E-state index contributed by atoms with van der Waals surface area (Å²) in [5, 5.41) is 0.535. The molecule has 5 rings (SSSR count). The fraction of sp³-hybridized carbons (Fsp3) is 0.348. The number of ketones is 1. The van der Waals surface area contributed by atoms with Crippen LogP contribution < -0.4 is 9.64 Å². The van der Waals surface area contributed by atoms with Crippen molar-refractivity contribution in [2.75, 3.05) is 18.6 Å². The third-order valence-electron chi connectivity index (χ3n) is 6.58. The predicted octanol–water partition coefficient (Wildman–Crippen LogP) is 3.18. The van der Waals surface area contributed by atoms with Crippen LogP contribution in [0, 0.1) is 11.8 Å². The van der Waals surface area contributed by atoms with E-state index in [1.54, 1.807) is 55.6 Å². The minimum absolute atomic E-state index is 0.0732. The van der Waals surface area contributed by atoms with Gasteiger partial charge in [-0.3, -0.25) is 19.3 Å². The van der Waals surface area contributed by atoms with Crippen LogP contribution in [0.25, 0.3) is 0 Å². The van der Waals surface area contributed by atoms with Crippen molar-refractivity contribution >= 4 is 34.9 Å². The Bertz CT molecular complexity index is 1020. The number of anilines is 1. The number of hydrogen-bond donors (Lipinski definition) is 0. The highest BCUT2D eigenvalue weighted by atomic mass is 35.5. The second-order valence-electron chi connectivity index (χ2n) is 8.02. The number of methoxy groups -OCH3 is 1. The van der Waals surface area contributed by atoms with Crippen molar-refractivity contribution < 1.29 is 19.1 Å². The lowest BCUT2D eigenvalue weighted by molar-refractivity contribution is -0.123. The zero-order valence-corrected chi connectivity index (χ0v) is 17.2. The SMILES string of the molecule is COc1ccc(C(=O)C2C3C(=O)N(c4ccc(Cl)cc4)C(=O)C3C3CCCN32)cc1. The molecule has 2 aromatic rings. The number of amides is 2. The van der Waals surface area contributed by atoms with Crippen molar-refractivity contribution in [3.05, 3.63) is 59.1 Å². The van der Waals surface area contributed by atoms with E-state index in [2.05, 4.69) is 4.90 Å². The van der Waals surface area contributed by atoms with Crippen LogP contribution in [0.2, 0.25) is 5.02 Å². The highest BCUT2D eigenvalue weighted by molar-refractivity contribution is 6.31. The molecule has 0 spiro atoms. The second-order valence-corrected chi connectivity index (χ2v) is 8.46. The number of rotatable bonds is 4. The monoisotopic (exact) mass is 424 g/mol. The highest BCUT2D eigenvalue weighted by Crippen LogP contribution is 2.48. The molecule has 3 fully saturated rings. The number of halogens is 1. The molecular formula is C23H21ClN2O4. The van der Waals surface area contributed by atoms with Gasteiger partial charge in [0.05, 0.1) is 30.7 Å². The maximum Gasteiger partial charge on any atom is 0.239 e. The van der Waals surface area contributed by atoms with Gasteiger partial charge in [0, 0.05) is 16.6 Å². The van der Waals surface area contributed by atoms with Gasteiger partial charge in [-0.2, -0.15) is 0 Å². The molecule has 3 heterocycles. The standard InChI is InChI=1S/C23H21ClN2O4/c1-30-16-10-4-13(5-11-16)21(27)20-19-18(17-3-2-12-25(17)20)22(28)26(23(19)29)15-8-6-14(24)7-9-15/h4-11,17-20H,2-3,12H2,1H3. The van der Waals surface area contributed by atoms with Gasteiger partial charge in [0.1, 0.15) is 5.75 Å². The largest absolute Gasteiger partial charge is 0.497 e. The van der Waals surface area contributed by atoms with Gasteiger partial charge >= 0.3 is 0 Å². The van der Waals surface area contributed by atoms with Gasteiger partial charge in [-0.05, 0) is 67.9 Å². The van der Waals surface area contributed by atoms with Crippen LogP contribution in [0.4, 0.5) is 5.69 Å². The van der Waals surface area contributed by atoms with Gasteiger partial charge in [-0.15, -0.1) is 0 Å². The zero-order chi connectivity index (χ0) is 21.0. The summed E-state index contributed by atoms with van der Waals surface area (Å²) in [5.74, 6) is -1.11. The summed E-state index contributed by atoms with van der Waals surface area (Å²) in [6.07, 6.45) is 1.74. The van der Waals surface area contributed by atoms with Gasteiger partial charge in [0.25, 0.3) is 0 Å². The predicted molar refractivity (Wildman–Crippen MR) is 112 cm³/mol. The van der Waals surface area contributed by atoms with Gasteiger partial charge < -0.3 is 4.74 Å². The second kappa shape index (κ2) is 7.22. The molecule has 0 bridgehead atoms. The molecule has 7 heteroatoms. The first-order chi connectivity index (χ1) is 14.5. The first-order valence-corrected chi connectivity index (χ1v) is 10.5. The Kier molecular flexibility index (Phi) is 4.64. The van der Waals surface area contributed by atoms with E-state index in [0.29, 0.717) is 22.0 Å². The molecule has 0 aromatic heterocycles. The summed E-state index contributed by atoms with van der Waals surface area (Å²) in [6, 6.07) is 12.9. The number of ether oxygens (including phenoxy) is 1. The average molecular weight is 425 g/mol. The summed E-state index contributed by atoms with van der Waals surface area (Å²) >= 11 is 5.97. The third kappa shape index (κ3) is 2.78. The van der Waals surface area contributed by atoms with Crippen LogP contribution >= 0.6 is 11.6 Å². The molecule has 2 amide bonds. The van der Waals surface area contributed by atoms with Crippen molar-refractivity contribution in [3.8, 4) is 5.75 Å². The van der Waals surface area contributed by atoms with E-state index in [1.807, 2.05) is 0 Å². The Hall–Kier alpha value is -2.70. The summed E-state index contributed by atoms with van der Waals surface area (Å²) in [7, 11) is 1.57. The van der Waals surface area contributed by atoms with Gasteiger partial charge in [0.2, 0.25) is 11.8 Å². The maximum absolute atomic E-state index is 13.5. The topological polar surface area (TPSA) is 66.9 Å². The van der Waals surface area contributed by atoms with Crippen LogP contribution in [-0.2, 0) is 9.59 Å². The molecule has 0 saturated carbocycles. The van der Waals surface area contributed by atoms with Crippen LogP contribution in [-0.4, -0.2) is 48.2 Å². The van der Waals surface area contributed by atoms with Gasteiger partial charge in [0.15, 0.2) is 5.78 Å². The van der Waals surface area contributed by atoms with Crippen LogP contribution in [0.5, 0.6) is 5.75 Å². The van der Waals surface area contributed by atoms with Crippen molar-refractivity contribution in [1.82, 2.24) is 4.90 Å². The Morgan fingerprint density at radius 3 is 2.33 bits per heavy atom. The number of carbonyl (C=O) groups excluding carboxylic acids is 3. The third-order valence-corrected chi connectivity index (χ3v) is 6.83. The Morgan fingerprint density at radius 1 is 1.00 bits per heavy atom. The molecule has 0 N–H and O–H groups in total. The average Bonchev–Trinajstić information content (AvgIpc) is 3.41. The molecule has 3 aliphatic heterocycles. The van der Waals surface area contributed by atoms with Crippen molar-refractivity contribution in [1.29, 1.82) is 0 Å². The van der Waals surface area contributed by atoms with E-state index in [4.69, 9.17) is 16.3 Å². The molecular weight excluding hydrogens is 404 g/mol. The minimum Gasteiger partial charge on any atom is -0.497 e. The van der Waals surface area contributed by atoms with Crippen molar-refractivity contribution in [2.24, 2.45) is 11.8 Å². The molecule has 6 nitrogen and oxygen atoms in total. The summed E-state index contributed by atoms with van der Waals surface area (Å²) in [4.78, 5) is 43.6. The number of Topliss-reactive ketones (excluding diaryl/α,β-unsaturated/α-hetero) is 1. The molecule has 30 heavy (non-hydrogen) atoms. The lowest BCUT2D eigenvalue weighted by Gasteiger charge is -2.27. The van der Waals surface area contributed by atoms with Crippen molar-refractivity contribution in [3.63, 3.8) is 0 Å². The normalized spacial score (nSPS) is 28.0. The molecule has 3 saturated heterocycles. The lowest BCUT2D eigenvalue weighted by Crippen LogP contribution is -2.46. The fourth-order valence-corrected chi connectivity index (χ4v) is 5.41. The summed E-state index contributed by atoms with van der Waals surface area (Å²) in [5.41, 5.74) is 1.03. The highest BCUT2D eigenvalue weighted by Gasteiger charge is 2.64. The van der Waals surface area contributed by atoms with Gasteiger partial charge in [-0.1, -0.05) is 11.6 Å². The molecule has 4 atom stereocenters. The fourth-order valence-electron chi connectivity index (χ4n) is 5.29. The maximum atomic E-state index is 13.5. The Morgan fingerprint density at radius 2 is 1.67 bits per heavy atom. The minimum atomic E-state index is -0.659. The number of benzene rings is 2. The first-order valence-electron chi connectivity index (χ1n) is 10.1. The van der Waals surface area contributed by atoms with E-state index >= 15 is 0 Å².